The van der Waals surface area contributed by atoms with Crippen molar-refractivity contribution in [3.8, 4) is 5.75 Å². The van der Waals surface area contributed by atoms with E-state index in [1.54, 1.807) is 12.1 Å². The van der Waals surface area contributed by atoms with Crippen LogP contribution in [-0.4, -0.2) is 17.4 Å². The highest BCUT2D eigenvalue weighted by Crippen LogP contribution is 2.32. The summed E-state index contributed by atoms with van der Waals surface area (Å²) in [5.74, 6) is 0.129. The molecule has 0 bridgehead atoms. The van der Waals surface area contributed by atoms with Crippen molar-refractivity contribution in [1.82, 2.24) is 0 Å². The number of aliphatic hydroxyl groups excluding tert-OH is 1. The van der Waals surface area contributed by atoms with Crippen molar-refractivity contribution in [3.63, 3.8) is 0 Å². The summed E-state index contributed by atoms with van der Waals surface area (Å²) in [6.07, 6.45) is -0.805. The van der Waals surface area contributed by atoms with Gasteiger partial charge in [-0.3, -0.25) is 0 Å². The van der Waals surface area contributed by atoms with Gasteiger partial charge in [0.15, 0.2) is 0 Å². The minimum absolute atomic E-state index is 0.0164. The van der Waals surface area contributed by atoms with Crippen molar-refractivity contribution in [2.75, 3.05) is 6.54 Å². The monoisotopic (exact) mass is 249 g/mol. The number of azide groups is 1. The molecule has 0 radical (unpaired) electrons. The Morgan fingerprint density at radius 3 is 3.06 bits per heavy atom. The molecule has 1 aliphatic heterocycles. The number of ether oxygens (including phenoxy) is 2. The third kappa shape index (κ3) is 2.73. The molecular weight excluding hydrogens is 234 g/mol. The first-order valence-corrected chi connectivity index (χ1v) is 5.66. The van der Waals surface area contributed by atoms with Gasteiger partial charge in [0, 0.05) is 24.3 Å². The molecule has 1 heterocycles. The van der Waals surface area contributed by atoms with Gasteiger partial charge in [-0.1, -0.05) is 11.2 Å². The first-order valence-electron chi connectivity index (χ1n) is 5.66. The molecule has 6 nitrogen and oxygen atoms in total. The smallest absolute Gasteiger partial charge is 0.205 e. The van der Waals surface area contributed by atoms with Crippen LogP contribution in [0.1, 0.15) is 31.1 Å². The Balaban J connectivity index is 2.20. The summed E-state index contributed by atoms with van der Waals surface area (Å²) in [5.41, 5.74) is 9.79. The lowest BCUT2D eigenvalue weighted by molar-refractivity contribution is -0.180. The number of aliphatic hydroxyl groups is 1. The van der Waals surface area contributed by atoms with Crippen LogP contribution in [0, 0.1) is 0 Å². The lowest BCUT2D eigenvalue weighted by Gasteiger charge is -2.32. The van der Waals surface area contributed by atoms with Crippen molar-refractivity contribution in [2.24, 2.45) is 5.11 Å². The third-order valence-electron chi connectivity index (χ3n) is 2.72. The van der Waals surface area contributed by atoms with E-state index in [2.05, 4.69) is 10.0 Å². The van der Waals surface area contributed by atoms with E-state index in [-0.39, 0.29) is 6.54 Å². The fraction of sp³-hybridized carbons (Fsp3) is 0.500. The molecular formula is C12H15N3O3. The molecule has 1 aromatic carbocycles. The first kappa shape index (κ1) is 12.7. The summed E-state index contributed by atoms with van der Waals surface area (Å²) in [7, 11) is 0. The van der Waals surface area contributed by atoms with Gasteiger partial charge in [-0.15, -0.1) is 0 Å². The Hall–Kier alpha value is -1.75. The minimum Gasteiger partial charge on any atom is -0.463 e. The zero-order valence-electron chi connectivity index (χ0n) is 10.3. The lowest BCUT2D eigenvalue weighted by atomic mass is 10.0. The Labute approximate surface area is 105 Å². The van der Waals surface area contributed by atoms with E-state index in [0.29, 0.717) is 12.2 Å². The third-order valence-corrected chi connectivity index (χ3v) is 2.72. The molecule has 96 valence electrons. The molecule has 6 heteroatoms. The Bertz CT molecular complexity index is 495. The molecule has 0 saturated carbocycles. The van der Waals surface area contributed by atoms with Gasteiger partial charge in [0.1, 0.15) is 5.75 Å². The molecule has 1 unspecified atom stereocenters. The summed E-state index contributed by atoms with van der Waals surface area (Å²) in [6.45, 7) is 4.15. The number of fused-ring (bicyclic) bond motifs is 1. The van der Waals surface area contributed by atoms with E-state index in [0.717, 1.165) is 11.3 Å². The second-order valence-corrected chi connectivity index (χ2v) is 4.59. The van der Waals surface area contributed by atoms with Crippen LogP contribution in [0.25, 0.3) is 10.4 Å². The SMILES string of the molecule is CC1(C)OCc2cc(C(O)CN=[N+]=[N-])ccc2O1. The molecule has 0 aromatic heterocycles. The molecule has 1 N–H and O–H groups in total. The van der Waals surface area contributed by atoms with Crippen molar-refractivity contribution in [3.05, 3.63) is 39.8 Å². The highest BCUT2D eigenvalue weighted by Gasteiger charge is 2.27. The molecule has 0 saturated heterocycles. The summed E-state index contributed by atoms with van der Waals surface area (Å²) >= 11 is 0. The predicted octanol–water partition coefficient (Wildman–Crippen LogP) is 2.68. The van der Waals surface area contributed by atoms with E-state index < -0.39 is 11.9 Å². The van der Waals surface area contributed by atoms with Gasteiger partial charge < -0.3 is 14.6 Å². The number of hydrogen-bond donors (Lipinski definition) is 1. The number of rotatable bonds is 3. The van der Waals surface area contributed by atoms with Crippen molar-refractivity contribution in [1.29, 1.82) is 0 Å². The highest BCUT2D eigenvalue weighted by atomic mass is 16.7. The van der Waals surface area contributed by atoms with Gasteiger partial charge in [0.25, 0.3) is 0 Å². The maximum Gasteiger partial charge on any atom is 0.205 e. The first-order chi connectivity index (χ1) is 8.52. The summed E-state index contributed by atoms with van der Waals surface area (Å²) in [5, 5.41) is 13.2. The van der Waals surface area contributed by atoms with Gasteiger partial charge in [0.2, 0.25) is 5.79 Å². The van der Waals surface area contributed by atoms with Gasteiger partial charge in [-0.2, -0.15) is 0 Å². The average molecular weight is 249 g/mol. The summed E-state index contributed by atoms with van der Waals surface area (Å²) < 4.78 is 11.2. The normalized spacial score (nSPS) is 18.2. The van der Waals surface area contributed by atoms with Crippen LogP contribution < -0.4 is 4.74 Å². The quantitative estimate of drug-likeness (QED) is 0.507. The molecule has 0 amide bonds. The topological polar surface area (TPSA) is 87.5 Å². The molecule has 0 aliphatic carbocycles. The van der Waals surface area contributed by atoms with Crippen molar-refractivity contribution >= 4 is 0 Å². The van der Waals surface area contributed by atoms with E-state index >= 15 is 0 Å². The zero-order valence-corrected chi connectivity index (χ0v) is 10.3. The number of nitrogens with zero attached hydrogens (tertiary/aromatic N) is 3. The van der Waals surface area contributed by atoms with Crippen LogP contribution in [0.4, 0.5) is 0 Å². The predicted molar refractivity (Wildman–Crippen MR) is 64.9 cm³/mol. The van der Waals surface area contributed by atoms with E-state index in [1.165, 1.54) is 0 Å². The fourth-order valence-corrected chi connectivity index (χ4v) is 1.78. The largest absolute Gasteiger partial charge is 0.463 e. The number of benzene rings is 1. The second kappa shape index (κ2) is 4.86. The fourth-order valence-electron chi connectivity index (χ4n) is 1.78. The average Bonchev–Trinajstić information content (AvgIpc) is 2.34. The van der Waals surface area contributed by atoms with Gasteiger partial charge in [-0.05, 0) is 23.2 Å². The van der Waals surface area contributed by atoms with Crippen LogP contribution in [0.2, 0.25) is 0 Å². The van der Waals surface area contributed by atoms with E-state index in [9.17, 15) is 5.11 Å². The standard InChI is InChI=1S/C12H15N3O3/c1-12(2)17-7-9-5-8(3-4-11(9)18-12)10(16)6-14-15-13/h3-5,10,16H,6-7H2,1-2H3. The Morgan fingerprint density at radius 2 is 2.33 bits per heavy atom. The van der Waals surface area contributed by atoms with Gasteiger partial charge >= 0.3 is 0 Å². The molecule has 0 spiro atoms. The van der Waals surface area contributed by atoms with Crippen LogP contribution in [-0.2, 0) is 11.3 Å². The summed E-state index contributed by atoms with van der Waals surface area (Å²) in [4.78, 5) is 2.62. The van der Waals surface area contributed by atoms with Crippen LogP contribution in [0.15, 0.2) is 23.3 Å². The maximum absolute atomic E-state index is 9.81. The van der Waals surface area contributed by atoms with Crippen molar-refractivity contribution in [2.45, 2.75) is 32.3 Å². The Kier molecular flexibility index (Phi) is 3.43. The molecule has 1 aromatic rings. The summed E-state index contributed by atoms with van der Waals surface area (Å²) in [6, 6.07) is 5.37. The zero-order chi connectivity index (χ0) is 13.2. The van der Waals surface area contributed by atoms with Gasteiger partial charge in [-0.25, -0.2) is 0 Å². The second-order valence-electron chi connectivity index (χ2n) is 4.59. The minimum atomic E-state index is -0.805. The van der Waals surface area contributed by atoms with Crippen molar-refractivity contribution < 1.29 is 14.6 Å². The molecule has 2 rings (SSSR count). The Morgan fingerprint density at radius 1 is 1.56 bits per heavy atom. The lowest BCUT2D eigenvalue weighted by Crippen LogP contribution is -2.35. The van der Waals surface area contributed by atoms with Crippen LogP contribution in [0.5, 0.6) is 5.75 Å². The highest BCUT2D eigenvalue weighted by molar-refractivity contribution is 5.39. The van der Waals surface area contributed by atoms with Gasteiger partial charge in [0.05, 0.1) is 19.3 Å². The number of hydrogen-bond acceptors (Lipinski definition) is 4. The maximum atomic E-state index is 9.81. The molecule has 1 atom stereocenters. The van der Waals surface area contributed by atoms with Crippen LogP contribution in [0.3, 0.4) is 0 Å². The van der Waals surface area contributed by atoms with E-state index in [4.69, 9.17) is 15.0 Å². The van der Waals surface area contributed by atoms with E-state index in [1.807, 2.05) is 19.9 Å². The molecule has 1 aliphatic rings. The molecule has 0 fully saturated rings. The molecule has 18 heavy (non-hydrogen) atoms. The van der Waals surface area contributed by atoms with Crippen LogP contribution >= 0.6 is 0 Å².